The Hall–Kier alpha value is -0.780. The molecule has 0 spiro atoms. The van der Waals surface area contributed by atoms with Gasteiger partial charge in [-0.05, 0) is 28.9 Å². The number of nitrogens with two attached hydrogens (primary N) is 1. The minimum atomic E-state index is -0.0846. The normalized spacial score (nSPS) is 12.7. The first-order valence-corrected chi connectivity index (χ1v) is 6.59. The van der Waals surface area contributed by atoms with Crippen molar-refractivity contribution in [2.24, 2.45) is 5.73 Å². The standard InChI is InChI=1S/C11H12BrN3S/c1-7-4-15-11(5-14-7)10(13)3-9-2-8(12)6-16-9/h2,4-6,10H,3,13H2,1H3. The van der Waals surface area contributed by atoms with Crippen LogP contribution in [0.15, 0.2) is 28.3 Å². The maximum absolute atomic E-state index is 6.08. The smallest absolute Gasteiger partial charge is 0.0757 e. The Bertz CT molecular complexity index is 466. The van der Waals surface area contributed by atoms with Gasteiger partial charge in [-0.25, -0.2) is 0 Å². The largest absolute Gasteiger partial charge is 0.322 e. The highest BCUT2D eigenvalue weighted by atomic mass is 79.9. The molecule has 2 heterocycles. The van der Waals surface area contributed by atoms with Gasteiger partial charge in [0.25, 0.3) is 0 Å². The van der Waals surface area contributed by atoms with Crippen LogP contribution in [0.1, 0.15) is 22.3 Å². The second-order valence-electron chi connectivity index (χ2n) is 3.62. The van der Waals surface area contributed by atoms with Gasteiger partial charge in [0.1, 0.15) is 0 Å². The lowest BCUT2D eigenvalue weighted by Crippen LogP contribution is -2.14. The molecule has 2 aromatic rings. The molecule has 16 heavy (non-hydrogen) atoms. The molecule has 84 valence electrons. The predicted molar refractivity (Wildman–Crippen MR) is 69.4 cm³/mol. The molecule has 0 aliphatic heterocycles. The molecule has 0 bridgehead atoms. The summed E-state index contributed by atoms with van der Waals surface area (Å²) in [6.45, 7) is 1.92. The van der Waals surface area contributed by atoms with E-state index in [1.54, 1.807) is 23.7 Å². The summed E-state index contributed by atoms with van der Waals surface area (Å²) in [6, 6.07) is 2.00. The van der Waals surface area contributed by atoms with E-state index in [0.29, 0.717) is 0 Å². The van der Waals surface area contributed by atoms with Crippen LogP contribution >= 0.6 is 27.3 Å². The average molecular weight is 298 g/mol. The van der Waals surface area contributed by atoms with Crippen LogP contribution in [0, 0.1) is 6.92 Å². The van der Waals surface area contributed by atoms with E-state index in [0.717, 1.165) is 22.3 Å². The lowest BCUT2D eigenvalue weighted by atomic mass is 10.1. The molecule has 0 amide bonds. The Balaban J connectivity index is 2.08. The Kier molecular flexibility index (Phi) is 3.68. The molecule has 1 unspecified atom stereocenters. The van der Waals surface area contributed by atoms with Gasteiger partial charge in [-0.1, -0.05) is 0 Å². The van der Waals surface area contributed by atoms with E-state index in [2.05, 4.69) is 37.3 Å². The molecule has 2 aromatic heterocycles. The molecule has 0 aromatic carbocycles. The van der Waals surface area contributed by atoms with E-state index in [1.807, 2.05) is 6.92 Å². The van der Waals surface area contributed by atoms with Crippen molar-refractivity contribution in [1.29, 1.82) is 0 Å². The summed E-state index contributed by atoms with van der Waals surface area (Å²) < 4.78 is 1.11. The number of hydrogen-bond acceptors (Lipinski definition) is 4. The summed E-state index contributed by atoms with van der Waals surface area (Å²) in [4.78, 5) is 9.74. The highest BCUT2D eigenvalue weighted by molar-refractivity contribution is 9.10. The van der Waals surface area contributed by atoms with E-state index in [1.165, 1.54) is 4.88 Å². The van der Waals surface area contributed by atoms with E-state index < -0.39 is 0 Å². The highest BCUT2D eigenvalue weighted by Gasteiger charge is 2.10. The minimum absolute atomic E-state index is 0.0846. The molecule has 1 atom stereocenters. The third-order valence-electron chi connectivity index (χ3n) is 2.22. The lowest BCUT2D eigenvalue weighted by molar-refractivity contribution is 0.696. The molecular weight excluding hydrogens is 286 g/mol. The number of thiophene rings is 1. The highest BCUT2D eigenvalue weighted by Crippen LogP contribution is 2.23. The summed E-state index contributed by atoms with van der Waals surface area (Å²) in [5.41, 5.74) is 7.83. The SMILES string of the molecule is Cc1cnc(C(N)Cc2cc(Br)cs2)cn1. The summed E-state index contributed by atoms with van der Waals surface area (Å²) in [5, 5.41) is 2.06. The molecule has 0 fully saturated rings. The van der Waals surface area contributed by atoms with Crippen LogP contribution < -0.4 is 5.73 Å². The molecule has 0 aliphatic rings. The van der Waals surface area contributed by atoms with Crippen molar-refractivity contribution in [1.82, 2.24) is 9.97 Å². The van der Waals surface area contributed by atoms with Crippen molar-refractivity contribution in [2.75, 3.05) is 0 Å². The Labute approximate surface area is 107 Å². The fourth-order valence-electron chi connectivity index (χ4n) is 1.38. The molecule has 2 N–H and O–H groups in total. The van der Waals surface area contributed by atoms with Crippen LogP contribution in [0.2, 0.25) is 0 Å². The second-order valence-corrected chi connectivity index (χ2v) is 5.54. The average Bonchev–Trinajstić information content (AvgIpc) is 2.65. The Morgan fingerprint density at radius 2 is 2.25 bits per heavy atom. The second kappa shape index (κ2) is 5.03. The van der Waals surface area contributed by atoms with Gasteiger partial charge in [0, 0.05) is 27.3 Å². The van der Waals surface area contributed by atoms with Crippen molar-refractivity contribution in [3.63, 3.8) is 0 Å². The van der Waals surface area contributed by atoms with Crippen LogP contribution in [0.4, 0.5) is 0 Å². The van der Waals surface area contributed by atoms with E-state index in [4.69, 9.17) is 5.73 Å². The maximum Gasteiger partial charge on any atom is 0.0757 e. The number of aromatic nitrogens is 2. The predicted octanol–water partition coefficient (Wildman–Crippen LogP) is 2.85. The molecule has 3 nitrogen and oxygen atoms in total. The maximum atomic E-state index is 6.08. The van der Waals surface area contributed by atoms with Crippen LogP contribution in [-0.4, -0.2) is 9.97 Å². The summed E-state index contributed by atoms with van der Waals surface area (Å²) in [5.74, 6) is 0. The Morgan fingerprint density at radius 3 is 2.81 bits per heavy atom. The first-order chi connectivity index (χ1) is 7.65. The van der Waals surface area contributed by atoms with Gasteiger partial charge in [-0.3, -0.25) is 9.97 Å². The van der Waals surface area contributed by atoms with E-state index in [9.17, 15) is 0 Å². The molecule has 5 heteroatoms. The fraction of sp³-hybridized carbons (Fsp3) is 0.273. The molecule has 0 aliphatic carbocycles. The summed E-state index contributed by atoms with van der Waals surface area (Å²) in [7, 11) is 0. The molecule has 0 saturated carbocycles. The molecule has 2 rings (SSSR count). The first-order valence-electron chi connectivity index (χ1n) is 4.92. The van der Waals surface area contributed by atoms with Crippen molar-refractivity contribution in [2.45, 2.75) is 19.4 Å². The Morgan fingerprint density at radius 1 is 1.44 bits per heavy atom. The van der Waals surface area contributed by atoms with Crippen molar-refractivity contribution >= 4 is 27.3 Å². The third-order valence-corrected chi connectivity index (χ3v) is 3.94. The molecule has 0 saturated heterocycles. The number of hydrogen-bond donors (Lipinski definition) is 1. The third kappa shape index (κ3) is 2.87. The van der Waals surface area contributed by atoms with Crippen molar-refractivity contribution in [3.8, 4) is 0 Å². The van der Waals surface area contributed by atoms with Crippen LogP contribution in [-0.2, 0) is 6.42 Å². The quantitative estimate of drug-likeness (QED) is 0.948. The van der Waals surface area contributed by atoms with Crippen LogP contribution in [0.3, 0.4) is 0 Å². The van der Waals surface area contributed by atoms with Gasteiger partial charge in [-0.2, -0.15) is 0 Å². The minimum Gasteiger partial charge on any atom is -0.322 e. The zero-order valence-electron chi connectivity index (χ0n) is 8.85. The zero-order valence-corrected chi connectivity index (χ0v) is 11.3. The molecule has 0 radical (unpaired) electrons. The number of halogens is 1. The molecular formula is C11H12BrN3S. The monoisotopic (exact) mass is 297 g/mol. The first kappa shape index (κ1) is 11.7. The van der Waals surface area contributed by atoms with Gasteiger partial charge in [0.2, 0.25) is 0 Å². The zero-order chi connectivity index (χ0) is 11.5. The van der Waals surface area contributed by atoms with Crippen LogP contribution in [0.5, 0.6) is 0 Å². The fourth-order valence-corrected chi connectivity index (χ4v) is 2.89. The van der Waals surface area contributed by atoms with Crippen molar-refractivity contribution < 1.29 is 0 Å². The summed E-state index contributed by atoms with van der Waals surface area (Å²) in [6.07, 6.45) is 4.30. The number of aryl methyl sites for hydroxylation is 1. The van der Waals surface area contributed by atoms with Gasteiger partial charge in [0.05, 0.1) is 23.6 Å². The van der Waals surface area contributed by atoms with Gasteiger partial charge in [0.15, 0.2) is 0 Å². The van der Waals surface area contributed by atoms with Crippen molar-refractivity contribution in [3.05, 3.63) is 44.6 Å². The van der Waals surface area contributed by atoms with Gasteiger partial charge < -0.3 is 5.73 Å². The lowest BCUT2D eigenvalue weighted by Gasteiger charge is -2.09. The number of rotatable bonds is 3. The van der Waals surface area contributed by atoms with Gasteiger partial charge >= 0.3 is 0 Å². The van der Waals surface area contributed by atoms with E-state index >= 15 is 0 Å². The summed E-state index contributed by atoms with van der Waals surface area (Å²) >= 11 is 5.13. The van der Waals surface area contributed by atoms with E-state index in [-0.39, 0.29) is 6.04 Å². The van der Waals surface area contributed by atoms with Gasteiger partial charge in [-0.15, -0.1) is 11.3 Å². The number of nitrogens with zero attached hydrogens (tertiary/aromatic N) is 2. The van der Waals surface area contributed by atoms with Crippen LogP contribution in [0.25, 0.3) is 0 Å². The topological polar surface area (TPSA) is 51.8 Å².